The molecule has 4 rings (SSSR count). The molecule has 0 aliphatic carbocycles. The van der Waals surface area contributed by atoms with Gasteiger partial charge in [0.1, 0.15) is 5.52 Å². The first-order chi connectivity index (χ1) is 10.8. The molecule has 0 radical (unpaired) electrons. The molecular weight excluding hydrogens is 276 g/mol. The third-order valence-corrected chi connectivity index (χ3v) is 4.01. The minimum atomic E-state index is 0.747. The first-order valence-electron chi connectivity index (χ1n) is 7.54. The van der Waals surface area contributed by atoms with Crippen LogP contribution < -0.4 is 4.90 Å². The van der Waals surface area contributed by atoms with Crippen molar-refractivity contribution in [2.45, 2.75) is 6.92 Å². The predicted molar refractivity (Wildman–Crippen MR) is 86.2 cm³/mol. The lowest BCUT2D eigenvalue weighted by molar-refractivity contribution is 0.122. The SMILES string of the molecule is Cc1cccc(-c2cn3cncc3c(N3CCOCC3)n2)c1. The molecule has 2 aromatic heterocycles. The van der Waals surface area contributed by atoms with Crippen LogP contribution in [0.4, 0.5) is 5.82 Å². The van der Waals surface area contributed by atoms with Crippen molar-refractivity contribution in [1.29, 1.82) is 0 Å². The van der Waals surface area contributed by atoms with Gasteiger partial charge in [-0.05, 0) is 13.0 Å². The molecule has 0 atom stereocenters. The fourth-order valence-electron chi connectivity index (χ4n) is 2.86. The summed E-state index contributed by atoms with van der Waals surface area (Å²) in [6.45, 7) is 5.33. The van der Waals surface area contributed by atoms with Crippen LogP contribution in [-0.4, -0.2) is 40.7 Å². The van der Waals surface area contributed by atoms with Crippen LogP contribution in [0.1, 0.15) is 5.56 Å². The van der Waals surface area contributed by atoms with Crippen LogP contribution in [0.25, 0.3) is 16.8 Å². The highest BCUT2D eigenvalue weighted by Gasteiger charge is 2.17. The number of fused-ring (bicyclic) bond motifs is 1. The highest BCUT2D eigenvalue weighted by atomic mass is 16.5. The zero-order valence-electron chi connectivity index (χ0n) is 12.6. The number of hydrogen-bond donors (Lipinski definition) is 0. The van der Waals surface area contributed by atoms with E-state index in [0.29, 0.717) is 0 Å². The molecule has 0 spiro atoms. The van der Waals surface area contributed by atoms with Crippen molar-refractivity contribution < 1.29 is 4.74 Å². The molecule has 1 saturated heterocycles. The number of nitrogens with zero attached hydrogens (tertiary/aromatic N) is 4. The van der Waals surface area contributed by atoms with Crippen molar-refractivity contribution in [3.63, 3.8) is 0 Å². The van der Waals surface area contributed by atoms with Gasteiger partial charge in [-0.15, -0.1) is 0 Å². The molecule has 0 bridgehead atoms. The van der Waals surface area contributed by atoms with E-state index in [1.807, 2.05) is 18.7 Å². The predicted octanol–water partition coefficient (Wildman–Crippen LogP) is 2.54. The second kappa shape index (κ2) is 5.42. The van der Waals surface area contributed by atoms with Gasteiger partial charge < -0.3 is 14.0 Å². The van der Waals surface area contributed by atoms with E-state index in [2.05, 4.69) is 45.5 Å². The topological polar surface area (TPSA) is 42.7 Å². The van der Waals surface area contributed by atoms with Gasteiger partial charge in [0.05, 0.1) is 31.4 Å². The molecule has 1 aliphatic rings. The molecule has 0 saturated carbocycles. The first-order valence-corrected chi connectivity index (χ1v) is 7.54. The van der Waals surface area contributed by atoms with Crippen molar-refractivity contribution in [2.24, 2.45) is 0 Å². The normalized spacial score (nSPS) is 15.4. The average molecular weight is 294 g/mol. The van der Waals surface area contributed by atoms with Gasteiger partial charge in [0, 0.05) is 24.8 Å². The van der Waals surface area contributed by atoms with E-state index in [1.165, 1.54) is 5.56 Å². The number of imidazole rings is 1. The Hall–Kier alpha value is -2.40. The summed E-state index contributed by atoms with van der Waals surface area (Å²) < 4.78 is 7.50. The van der Waals surface area contributed by atoms with E-state index in [9.17, 15) is 0 Å². The number of rotatable bonds is 2. The van der Waals surface area contributed by atoms with Crippen LogP contribution in [-0.2, 0) is 4.74 Å². The number of anilines is 1. The quantitative estimate of drug-likeness (QED) is 0.728. The van der Waals surface area contributed by atoms with E-state index in [4.69, 9.17) is 9.72 Å². The molecule has 0 unspecified atom stereocenters. The van der Waals surface area contributed by atoms with E-state index in [0.717, 1.165) is 48.9 Å². The van der Waals surface area contributed by atoms with Crippen molar-refractivity contribution >= 4 is 11.3 Å². The van der Waals surface area contributed by atoms with E-state index in [1.54, 1.807) is 0 Å². The lowest BCUT2D eigenvalue weighted by Crippen LogP contribution is -2.37. The zero-order valence-corrected chi connectivity index (χ0v) is 12.6. The van der Waals surface area contributed by atoms with Crippen LogP contribution >= 0.6 is 0 Å². The maximum absolute atomic E-state index is 5.45. The molecule has 112 valence electrons. The maximum atomic E-state index is 5.45. The fourth-order valence-corrected chi connectivity index (χ4v) is 2.86. The Labute approximate surface area is 129 Å². The van der Waals surface area contributed by atoms with E-state index in [-0.39, 0.29) is 0 Å². The smallest absolute Gasteiger partial charge is 0.155 e. The second-order valence-corrected chi connectivity index (χ2v) is 5.60. The van der Waals surface area contributed by atoms with Gasteiger partial charge >= 0.3 is 0 Å². The molecule has 5 heteroatoms. The summed E-state index contributed by atoms with van der Waals surface area (Å²) >= 11 is 0. The Kier molecular flexibility index (Phi) is 3.27. The van der Waals surface area contributed by atoms with Crippen molar-refractivity contribution in [1.82, 2.24) is 14.4 Å². The van der Waals surface area contributed by atoms with Gasteiger partial charge in [-0.25, -0.2) is 9.97 Å². The fraction of sp³-hybridized carbons (Fsp3) is 0.294. The highest BCUT2D eigenvalue weighted by molar-refractivity contribution is 5.73. The Balaban J connectivity index is 1.86. The Bertz CT molecular complexity index is 805. The van der Waals surface area contributed by atoms with E-state index < -0.39 is 0 Å². The minimum Gasteiger partial charge on any atom is -0.378 e. The van der Waals surface area contributed by atoms with Crippen LogP contribution in [0.3, 0.4) is 0 Å². The number of hydrogen-bond acceptors (Lipinski definition) is 4. The zero-order chi connectivity index (χ0) is 14.9. The summed E-state index contributed by atoms with van der Waals surface area (Å²) in [5.74, 6) is 0.986. The molecule has 1 aliphatic heterocycles. The largest absolute Gasteiger partial charge is 0.378 e. The Morgan fingerprint density at radius 3 is 2.86 bits per heavy atom. The van der Waals surface area contributed by atoms with Crippen LogP contribution in [0.5, 0.6) is 0 Å². The van der Waals surface area contributed by atoms with Gasteiger partial charge in [0.25, 0.3) is 0 Å². The molecule has 3 heterocycles. The number of ether oxygens (including phenoxy) is 1. The molecule has 22 heavy (non-hydrogen) atoms. The van der Waals surface area contributed by atoms with Crippen LogP contribution in [0.15, 0.2) is 43.0 Å². The molecule has 0 amide bonds. The van der Waals surface area contributed by atoms with Gasteiger partial charge in [-0.3, -0.25) is 0 Å². The average Bonchev–Trinajstić information content (AvgIpc) is 3.03. The molecule has 5 nitrogen and oxygen atoms in total. The summed E-state index contributed by atoms with van der Waals surface area (Å²) in [4.78, 5) is 11.5. The number of benzene rings is 1. The van der Waals surface area contributed by atoms with Gasteiger partial charge in [-0.1, -0.05) is 23.8 Å². The Morgan fingerprint density at radius 2 is 2.05 bits per heavy atom. The lowest BCUT2D eigenvalue weighted by atomic mass is 10.1. The summed E-state index contributed by atoms with van der Waals surface area (Å²) in [6, 6.07) is 8.43. The Morgan fingerprint density at radius 1 is 1.18 bits per heavy atom. The van der Waals surface area contributed by atoms with Crippen molar-refractivity contribution in [3.8, 4) is 11.3 Å². The van der Waals surface area contributed by atoms with Crippen LogP contribution in [0, 0.1) is 6.92 Å². The summed E-state index contributed by atoms with van der Waals surface area (Å²) in [5, 5.41) is 0. The van der Waals surface area contributed by atoms with Crippen molar-refractivity contribution in [2.75, 3.05) is 31.2 Å². The van der Waals surface area contributed by atoms with Crippen LogP contribution in [0.2, 0.25) is 0 Å². The number of aromatic nitrogens is 3. The summed E-state index contributed by atoms with van der Waals surface area (Å²) in [7, 11) is 0. The maximum Gasteiger partial charge on any atom is 0.155 e. The van der Waals surface area contributed by atoms with Gasteiger partial charge in [-0.2, -0.15) is 0 Å². The van der Waals surface area contributed by atoms with Gasteiger partial charge in [0.2, 0.25) is 0 Å². The molecular formula is C17H18N4O. The minimum absolute atomic E-state index is 0.747. The third-order valence-electron chi connectivity index (χ3n) is 4.01. The third kappa shape index (κ3) is 2.33. The molecule has 1 fully saturated rings. The van der Waals surface area contributed by atoms with Gasteiger partial charge in [0.15, 0.2) is 5.82 Å². The number of aryl methyl sites for hydroxylation is 1. The molecule has 3 aromatic rings. The highest BCUT2D eigenvalue weighted by Crippen LogP contribution is 2.26. The monoisotopic (exact) mass is 294 g/mol. The molecule has 1 aromatic carbocycles. The number of morpholine rings is 1. The first kappa shape index (κ1) is 13.3. The lowest BCUT2D eigenvalue weighted by Gasteiger charge is -2.28. The second-order valence-electron chi connectivity index (χ2n) is 5.60. The summed E-state index contributed by atoms with van der Waals surface area (Å²) in [6.07, 6.45) is 5.75. The summed E-state index contributed by atoms with van der Waals surface area (Å²) in [5.41, 5.74) is 4.37. The molecule has 0 N–H and O–H groups in total. The standard InChI is InChI=1S/C17H18N4O/c1-13-3-2-4-14(9-13)15-11-21-12-18-10-16(21)17(19-15)20-5-7-22-8-6-20/h2-4,9-12H,5-8H2,1H3. The van der Waals surface area contributed by atoms with Crippen molar-refractivity contribution in [3.05, 3.63) is 48.5 Å². The van der Waals surface area contributed by atoms with E-state index >= 15 is 0 Å².